The molecule has 1 aromatic carbocycles. The Balaban J connectivity index is 2.12. The van der Waals surface area contributed by atoms with Gasteiger partial charge in [0.15, 0.2) is 0 Å². The van der Waals surface area contributed by atoms with E-state index < -0.39 is 10.0 Å². The van der Waals surface area contributed by atoms with E-state index in [1.807, 2.05) is 27.7 Å². The average molecular weight is 417 g/mol. The van der Waals surface area contributed by atoms with Gasteiger partial charge in [0.05, 0.1) is 22.4 Å². The van der Waals surface area contributed by atoms with Crippen LogP contribution in [-0.4, -0.2) is 44.9 Å². The van der Waals surface area contributed by atoms with Gasteiger partial charge in [-0.2, -0.15) is 4.31 Å². The number of sulfonamides is 1. The second-order valence-electron chi connectivity index (χ2n) is 8.01. The number of ether oxygens (including phenoxy) is 1. The SMILES string of the molecule is CCOc1ccc(S(=O)(=O)N2CCC[C@@H](C(=O)NCC(C)(C)C)C2)cc1Cl. The van der Waals surface area contributed by atoms with Gasteiger partial charge in [-0.3, -0.25) is 4.79 Å². The van der Waals surface area contributed by atoms with Gasteiger partial charge in [0.1, 0.15) is 5.75 Å². The van der Waals surface area contributed by atoms with Crippen molar-refractivity contribution in [2.45, 2.75) is 45.4 Å². The molecule has 1 saturated heterocycles. The smallest absolute Gasteiger partial charge is 0.243 e. The first kappa shape index (κ1) is 22.0. The monoisotopic (exact) mass is 416 g/mol. The molecule has 1 amide bonds. The minimum Gasteiger partial charge on any atom is -0.492 e. The summed E-state index contributed by atoms with van der Waals surface area (Å²) >= 11 is 6.14. The standard InChI is InChI=1S/C19H29ClN2O4S/c1-5-26-17-9-8-15(11-16(17)20)27(24,25)22-10-6-7-14(12-22)18(23)21-13-19(2,3)4/h8-9,11,14H,5-7,10,12-13H2,1-4H3,(H,21,23)/t14-/m1/s1. The molecule has 0 aromatic heterocycles. The maximum absolute atomic E-state index is 13.0. The number of halogens is 1. The summed E-state index contributed by atoms with van der Waals surface area (Å²) in [5.41, 5.74) is -0.0187. The maximum Gasteiger partial charge on any atom is 0.243 e. The summed E-state index contributed by atoms with van der Waals surface area (Å²) in [7, 11) is -3.71. The van der Waals surface area contributed by atoms with E-state index in [1.165, 1.54) is 16.4 Å². The molecular weight excluding hydrogens is 388 g/mol. The highest BCUT2D eigenvalue weighted by atomic mass is 35.5. The third-order valence-electron chi connectivity index (χ3n) is 4.39. The minimum atomic E-state index is -3.71. The van der Waals surface area contributed by atoms with Crippen molar-refractivity contribution < 1.29 is 17.9 Å². The number of carbonyl (C=O) groups excluding carboxylic acids is 1. The Bertz CT molecular complexity index is 774. The van der Waals surface area contributed by atoms with Crippen molar-refractivity contribution >= 4 is 27.5 Å². The minimum absolute atomic E-state index is 0.0187. The fourth-order valence-electron chi connectivity index (χ4n) is 2.94. The molecule has 1 aromatic rings. The first-order chi connectivity index (χ1) is 12.5. The van der Waals surface area contributed by atoms with Gasteiger partial charge >= 0.3 is 0 Å². The molecule has 6 nitrogen and oxygen atoms in total. The van der Waals surface area contributed by atoms with Crippen LogP contribution >= 0.6 is 11.6 Å². The predicted octanol–water partition coefficient (Wildman–Crippen LogP) is 3.30. The van der Waals surface area contributed by atoms with Crippen LogP contribution in [0.4, 0.5) is 0 Å². The number of carbonyl (C=O) groups is 1. The topological polar surface area (TPSA) is 75.7 Å². The molecule has 0 spiro atoms. The lowest BCUT2D eigenvalue weighted by Crippen LogP contribution is -2.46. The molecule has 8 heteroatoms. The largest absolute Gasteiger partial charge is 0.492 e. The fourth-order valence-corrected chi connectivity index (χ4v) is 4.79. The van der Waals surface area contributed by atoms with Gasteiger partial charge in [-0.15, -0.1) is 0 Å². The molecule has 2 rings (SSSR count). The van der Waals surface area contributed by atoms with Gasteiger partial charge in [0, 0.05) is 19.6 Å². The van der Waals surface area contributed by atoms with Crippen molar-refractivity contribution in [2.75, 3.05) is 26.2 Å². The first-order valence-corrected chi connectivity index (χ1v) is 11.1. The van der Waals surface area contributed by atoms with Crippen LogP contribution < -0.4 is 10.1 Å². The highest BCUT2D eigenvalue weighted by Crippen LogP contribution is 2.30. The molecule has 0 aliphatic carbocycles. The van der Waals surface area contributed by atoms with Crippen molar-refractivity contribution in [2.24, 2.45) is 11.3 Å². The van der Waals surface area contributed by atoms with E-state index in [4.69, 9.17) is 16.3 Å². The molecule has 1 fully saturated rings. The van der Waals surface area contributed by atoms with Crippen LogP contribution in [0.1, 0.15) is 40.5 Å². The lowest BCUT2D eigenvalue weighted by Gasteiger charge is -2.32. The molecule has 0 saturated carbocycles. The van der Waals surface area contributed by atoms with Gasteiger partial charge in [-0.05, 0) is 43.4 Å². The number of hydrogen-bond acceptors (Lipinski definition) is 4. The lowest BCUT2D eigenvalue weighted by atomic mass is 9.95. The first-order valence-electron chi connectivity index (χ1n) is 9.25. The summed E-state index contributed by atoms with van der Waals surface area (Å²) in [4.78, 5) is 12.6. The van der Waals surface area contributed by atoms with Gasteiger partial charge in [-0.1, -0.05) is 32.4 Å². The van der Waals surface area contributed by atoms with Crippen LogP contribution in [0.15, 0.2) is 23.1 Å². The van der Waals surface area contributed by atoms with E-state index in [0.29, 0.717) is 38.3 Å². The van der Waals surface area contributed by atoms with E-state index >= 15 is 0 Å². The Kier molecular flexibility index (Phi) is 7.16. The van der Waals surface area contributed by atoms with E-state index in [1.54, 1.807) is 6.07 Å². The summed E-state index contributed by atoms with van der Waals surface area (Å²) in [5.74, 6) is 0.0276. The van der Waals surface area contributed by atoms with Crippen molar-refractivity contribution in [1.29, 1.82) is 0 Å². The quantitative estimate of drug-likeness (QED) is 0.771. The Labute approximate surface area is 167 Å². The van der Waals surface area contributed by atoms with Gasteiger partial charge < -0.3 is 10.1 Å². The normalized spacial score (nSPS) is 18.9. The van der Waals surface area contributed by atoms with Crippen LogP contribution in [0, 0.1) is 11.3 Å². The third-order valence-corrected chi connectivity index (χ3v) is 6.55. The number of piperidine rings is 1. The zero-order chi connectivity index (χ0) is 20.2. The van der Waals surface area contributed by atoms with E-state index in [0.717, 1.165) is 0 Å². The number of benzene rings is 1. The molecule has 0 unspecified atom stereocenters. The molecule has 0 radical (unpaired) electrons. The molecule has 1 atom stereocenters. The second-order valence-corrected chi connectivity index (χ2v) is 10.4. The zero-order valence-corrected chi connectivity index (χ0v) is 18.0. The summed E-state index contributed by atoms with van der Waals surface area (Å²) in [6.07, 6.45) is 1.34. The Morgan fingerprint density at radius 2 is 2.07 bits per heavy atom. The molecule has 27 heavy (non-hydrogen) atoms. The Morgan fingerprint density at radius 3 is 2.67 bits per heavy atom. The predicted molar refractivity (Wildman–Crippen MR) is 107 cm³/mol. The summed E-state index contributed by atoms with van der Waals surface area (Å²) < 4.78 is 32.7. The average Bonchev–Trinajstić information content (AvgIpc) is 2.61. The van der Waals surface area contributed by atoms with Crippen molar-refractivity contribution in [1.82, 2.24) is 9.62 Å². The van der Waals surface area contributed by atoms with Gasteiger partial charge in [0.25, 0.3) is 0 Å². The van der Waals surface area contributed by atoms with E-state index in [-0.39, 0.29) is 33.7 Å². The second kappa shape index (κ2) is 8.80. The molecule has 1 aliphatic rings. The molecule has 0 bridgehead atoms. The Morgan fingerprint density at radius 1 is 1.37 bits per heavy atom. The summed E-state index contributed by atoms with van der Waals surface area (Å²) in [6, 6.07) is 4.47. The number of nitrogens with one attached hydrogen (secondary N) is 1. The Hall–Kier alpha value is -1.31. The highest BCUT2D eigenvalue weighted by Gasteiger charge is 2.33. The molecule has 152 valence electrons. The van der Waals surface area contributed by atoms with Crippen LogP contribution in [-0.2, 0) is 14.8 Å². The number of nitrogens with zero attached hydrogens (tertiary/aromatic N) is 1. The van der Waals surface area contributed by atoms with E-state index in [9.17, 15) is 13.2 Å². The van der Waals surface area contributed by atoms with Gasteiger partial charge in [-0.25, -0.2) is 8.42 Å². The third kappa shape index (κ3) is 5.83. The lowest BCUT2D eigenvalue weighted by molar-refractivity contribution is -0.126. The maximum atomic E-state index is 13.0. The molecule has 1 N–H and O–H groups in total. The van der Waals surface area contributed by atoms with Crippen LogP contribution in [0.25, 0.3) is 0 Å². The van der Waals surface area contributed by atoms with Crippen molar-refractivity contribution in [3.8, 4) is 5.75 Å². The molecule has 1 aliphatic heterocycles. The van der Waals surface area contributed by atoms with Crippen molar-refractivity contribution in [3.05, 3.63) is 23.2 Å². The highest BCUT2D eigenvalue weighted by molar-refractivity contribution is 7.89. The molecular formula is C19H29ClN2O4S. The van der Waals surface area contributed by atoms with Crippen LogP contribution in [0.3, 0.4) is 0 Å². The van der Waals surface area contributed by atoms with Crippen LogP contribution in [0.2, 0.25) is 5.02 Å². The number of hydrogen-bond donors (Lipinski definition) is 1. The summed E-state index contributed by atoms with van der Waals surface area (Å²) in [6.45, 7) is 9.55. The molecule has 1 heterocycles. The number of amides is 1. The van der Waals surface area contributed by atoms with Crippen LogP contribution in [0.5, 0.6) is 5.75 Å². The van der Waals surface area contributed by atoms with Gasteiger partial charge in [0.2, 0.25) is 15.9 Å². The van der Waals surface area contributed by atoms with Crippen molar-refractivity contribution in [3.63, 3.8) is 0 Å². The fraction of sp³-hybridized carbons (Fsp3) is 0.632. The number of rotatable bonds is 6. The van der Waals surface area contributed by atoms with E-state index in [2.05, 4.69) is 5.32 Å². The summed E-state index contributed by atoms with van der Waals surface area (Å²) in [5, 5.41) is 3.20. The zero-order valence-electron chi connectivity index (χ0n) is 16.4.